The summed E-state index contributed by atoms with van der Waals surface area (Å²) < 4.78 is 0.678. The van der Waals surface area contributed by atoms with Crippen molar-refractivity contribution in [1.82, 2.24) is 0 Å². The van der Waals surface area contributed by atoms with Gasteiger partial charge in [0.1, 0.15) is 6.07 Å². The van der Waals surface area contributed by atoms with Crippen LogP contribution < -0.4 is 11.2 Å². The second-order valence-corrected chi connectivity index (χ2v) is 4.20. The van der Waals surface area contributed by atoms with Crippen molar-refractivity contribution in [3.63, 3.8) is 0 Å². The van der Waals surface area contributed by atoms with Crippen LogP contribution in [-0.2, 0) is 0 Å². The van der Waals surface area contributed by atoms with E-state index in [0.29, 0.717) is 15.7 Å². The molecule has 0 radical (unpaired) electrons. The lowest BCUT2D eigenvalue weighted by molar-refractivity contribution is 0.101. The summed E-state index contributed by atoms with van der Waals surface area (Å²) in [6, 6.07) is 6.63. The van der Waals surface area contributed by atoms with Crippen LogP contribution in [0.4, 0.5) is 5.69 Å². The summed E-state index contributed by atoms with van der Waals surface area (Å²) in [5.74, 6) is -0.509. The molecule has 0 unspecified atom stereocenters. The summed E-state index contributed by atoms with van der Waals surface area (Å²) in [5, 5.41) is 19.5. The predicted molar refractivity (Wildman–Crippen MR) is 72.7 cm³/mol. The number of hydrogen-bond donors (Lipinski definition) is 3. The molecule has 1 aromatic carbocycles. The lowest BCUT2D eigenvalue weighted by Gasteiger charge is -2.05. The number of nitrogens with one attached hydrogen (secondary N) is 2. The van der Waals surface area contributed by atoms with Gasteiger partial charge in [-0.05, 0) is 35.0 Å². The van der Waals surface area contributed by atoms with Crippen molar-refractivity contribution in [2.45, 2.75) is 6.92 Å². The first-order chi connectivity index (χ1) is 8.45. The Labute approximate surface area is 112 Å². The largest absolute Gasteiger partial charge is 0.382 e. The third-order valence-electron chi connectivity index (χ3n) is 2.02. The van der Waals surface area contributed by atoms with Crippen molar-refractivity contribution >= 4 is 38.9 Å². The van der Waals surface area contributed by atoms with Crippen molar-refractivity contribution in [3.8, 4) is 6.07 Å². The highest BCUT2D eigenvalue weighted by Crippen LogP contribution is 2.23. The number of Topliss-reactive ketones (excluding diaryl/α,β-unsaturated/α-hetero) is 1. The second kappa shape index (κ2) is 5.93. The molecule has 6 nitrogen and oxygen atoms in total. The van der Waals surface area contributed by atoms with Crippen molar-refractivity contribution in [2.75, 3.05) is 5.43 Å². The van der Waals surface area contributed by atoms with Gasteiger partial charge in [-0.25, -0.2) is 0 Å². The summed E-state index contributed by atoms with van der Waals surface area (Å²) in [6.07, 6.45) is 0. The Hall–Kier alpha value is -2.20. The molecule has 0 aliphatic heterocycles. The Balaban J connectivity index is 3.05. The molecule has 0 aliphatic carbocycles. The first kappa shape index (κ1) is 13.9. The molecule has 0 fully saturated rings. The lowest BCUT2D eigenvalue weighted by atomic mass is 10.1. The van der Waals surface area contributed by atoms with Crippen LogP contribution in [-0.4, -0.2) is 17.3 Å². The van der Waals surface area contributed by atoms with E-state index in [0.717, 1.165) is 0 Å². The standard InChI is InChI=1S/C11H10BrN5O/c1-6(18)7-2-3-8(12)9(4-7)16-17-10(5-13)11(14)15/h2-4,16H,1H3,(H3,14,15)/b17-10+. The van der Waals surface area contributed by atoms with Crippen LogP contribution in [0.25, 0.3) is 0 Å². The van der Waals surface area contributed by atoms with Crippen molar-refractivity contribution in [1.29, 1.82) is 10.7 Å². The maximum absolute atomic E-state index is 11.2. The quantitative estimate of drug-likeness (QED) is 0.341. The van der Waals surface area contributed by atoms with Gasteiger partial charge in [-0.3, -0.25) is 15.6 Å². The van der Waals surface area contributed by atoms with E-state index in [1.807, 2.05) is 0 Å². The van der Waals surface area contributed by atoms with E-state index in [1.165, 1.54) is 6.92 Å². The molecular weight excluding hydrogens is 298 g/mol. The summed E-state index contributed by atoms with van der Waals surface area (Å²) in [6.45, 7) is 1.45. The Bertz CT molecular complexity index is 573. The minimum absolute atomic E-state index is 0.0818. The molecule has 0 heterocycles. The second-order valence-electron chi connectivity index (χ2n) is 3.35. The lowest BCUT2D eigenvalue weighted by Crippen LogP contribution is -2.21. The number of amidine groups is 1. The van der Waals surface area contributed by atoms with Crippen molar-refractivity contribution in [3.05, 3.63) is 28.2 Å². The third kappa shape index (κ3) is 3.40. The van der Waals surface area contributed by atoms with Crippen molar-refractivity contribution < 1.29 is 4.79 Å². The summed E-state index contributed by atoms with van der Waals surface area (Å²) in [4.78, 5) is 11.2. The number of ketones is 1. The number of hydrogen-bond acceptors (Lipinski definition) is 5. The summed E-state index contributed by atoms with van der Waals surface area (Å²) in [5.41, 5.74) is 8.53. The van der Waals surface area contributed by atoms with Gasteiger partial charge in [0.25, 0.3) is 0 Å². The highest BCUT2D eigenvalue weighted by atomic mass is 79.9. The molecule has 1 rings (SSSR count). The molecule has 92 valence electrons. The Morgan fingerprint density at radius 3 is 2.78 bits per heavy atom. The van der Waals surface area contributed by atoms with Gasteiger partial charge >= 0.3 is 0 Å². The van der Waals surface area contributed by atoms with Crippen LogP contribution in [0.3, 0.4) is 0 Å². The van der Waals surface area contributed by atoms with Gasteiger partial charge in [-0.1, -0.05) is 6.07 Å². The fourth-order valence-corrected chi connectivity index (χ4v) is 1.43. The molecule has 0 atom stereocenters. The highest BCUT2D eigenvalue weighted by molar-refractivity contribution is 9.10. The maximum atomic E-state index is 11.2. The number of benzene rings is 1. The maximum Gasteiger partial charge on any atom is 0.201 e. The molecule has 0 spiro atoms. The normalized spacial score (nSPS) is 10.6. The molecule has 1 aromatic rings. The van der Waals surface area contributed by atoms with E-state index in [4.69, 9.17) is 16.4 Å². The number of nitrogens with two attached hydrogens (primary N) is 1. The fraction of sp³-hybridized carbons (Fsp3) is 0.0909. The zero-order valence-corrected chi connectivity index (χ0v) is 11.1. The Morgan fingerprint density at radius 2 is 2.28 bits per heavy atom. The van der Waals surface area contributed by atoms with E-state index in [9.17, 15) is 4.79 Å². The molecule has 0 bridgehead atoms. The summed E-state index contributed by atoms with van der Waals surface area (Å²) in [7, 11) is 0. The Kier molecular flexibility index (Phi) is 4.57. The number of anilines is 1. The van der Waals surface area contributed by atoms with Gasteiger partial charge in [-0.15, -0.1) is 0 Å². The van der Waals surface area contributed by atoms with Crippen LogP contribution in [0.1, 0.15) is 17.3 Å². The van der Waals surface area contributed by atoms with Gasteiger partial charge < -0.3 is 5.73 Å². The zero-order valence-electron chi connectivity index (χ0n) is 9.49. The monoisotopic (exact) mass is 307 g/mol. The van der Waals surface area contributed by atoms with Crippen LogP contribution in [0.2, 0.25) is 0 Å². The van der Waals surface area contributed by atoms with E-state index in [-0.39, 0.29) is 11.5 Å². The molecule has 4 N–H and O–H groups in total. The average Bonchev–Trinajstić information content (AvgIpc) is 2.31. The van der Waals surface area contributed by atoms with Gasteiger partial charge in [0.15, 0.2) is 11.6 Å². The SMILES string of the molecule is CC(=O)c1ccc(Br)c(N/N=C(\C#N)C(=N)N)c1. The van der Waals surface area contributed by atoms with Crippen LogP contribution in [0.5, 0.6) is 0 Å². The van der Waals surface area contributed by atoms with Gasteiger partial charge in [0, 0.05) is 10.0 Å². The number of nitrogens with zero attached hydrogens (tertiary/aromatic N) is 2. The molecule has 0 aromatic heterocycles. The third-order valence-corrected chi connectivity index (χ3v) is 2.71. The average molecular weight is 308 g/mol. The van der Waals surface area contributed by atoms with E-state index in [2.05, 4.69) is 26.5 Å². The van der Waals surface area contributed by atoms with E-state index >= 15 is 0 Å². The van der Waals surface area contributed by atoms with E-state index in [1.54, 1.807) is 24.3 Å². The van der Waals surface area contributed by atoms with Gasteiger partial charge in [0.2, 0.25) is 5.71 Å². The smallest absolute Gasteiger partial charge is 0.201 e. The van der Waals surface area contributed by atoms with Crippen LogP contribution in [0, 0.1) is 16.7 Å². The molecular formula is C11H10BrN5O. The number of hydrazone groups is 1. The Morgan fingerprint density at radius 1 is 1.61 bits per heavy atom. The highest BCUT2D eigenvalue weighted by Gasteiger charge is 2.06. The molecule has 0 saturated heterocycles. The molecule has 0 amide bonds. The topological polar surface area (TPSA) is 115 Å². The molecule has 18 heavy (non-hydrogen) atoms. The number of halogens is 1. The van der Waals surface area contributed by atoms with Crippen molar-refractivity contribution in [2.24, 2.45) is 10.8 Å². The number of carbonyl (C=O) groups excluding carboxylic acids is 1. The zero-order chi connectivity index (χ0) is 13.7. The predicted octanol–water partition coefficient (Wildman–Crippen LogP) is 1.88. The first-order valence-corrected chi connectivity index (χ1v) is 5.63. The molecule has 0 aliphatic rings. The molecule has 7 heteroatoms. The fourth-order valence-electron chi connectivity index (χ4n) is 1.09. The van der Waals surface area contributed by atoms with Gasteiger partial charge in [-0.2, -0.15) is 10.4 Å². The molecule has 0 saturated carbocycles. The van der Waals surface area contributed by atoms with Gasteiger partial charge in [0.05, 0.1) is 5.69 Å². The first-order valence-electron chi connectivity index (χ1n) is 4.84. The van der Waals surface area contributed by atoms with E-state index < -0.39 is 5.84 Å². The van der Waals surface area contributed by atoms with Crippen LogP contribution >= 0.6 is 15.9 Å². The summed E-state index contributed by atoms with van der Waals surface area (Å²) >= 11 is 3.28. The minimum Gasteiger partial charge on any atom is -0.382 e. The minimum atomic E-state index is -0.427. The number of carbonyl (C=O) groups is 1. The number of rotatable bonds is 4. The number of nitriles is 1. The van der Waals surface area contributed by atoms with Crippen LogP contribution in [0.15, 0.2) is 27.8 Å².